The number of methoxy groups -OCH3 is 1. The second-order valence-electron chi connectivity index (χ2n) is 6.05. The second kappa shape index (κ2) is 8.26. The van der Waals surface area contributed by atoms with Crippen LogP contribution < -0.4 is 20.1 Å². The molecule has 27 heavy (non-hydrogen) atoms. The number of ether oxygens (including phenoxy) is 2. The lowest BCUT2D eigenvalue weighted by Gasteiger charge is -2.23. The van der Waals surface area contributed by atoms with E-state index in [1.807, 2.05) is 0 Å². The number of rotatable bonds is 5. The number of amides is 2. The molecular formula is C19H18ClFN2O4. The normalized spacial score (nSPS) is 16.4. The van der Waals surface area contributed by atoms with Crippen molar-refractivity contribution in [2.45, 2.75) is 18.9 Å². The molecule has 8 heteroatoms. The number of carbonyl (C=O) groups is 2. The molecule has 0 saturated carbocycles. The highest BCUT2D eigenvalue weighted by atomic mass is 35.5. The van der Waals surface area contributed by atoms with Crippen molar-refractivity contribution in [1.29, 1.82) is 0 Å². The highest BCUT2D eigenvalue weighted by Gasteiger charge is 2.23. The zero-order valence-corrected chi connectivity index (χ0v) is 15.3. The first-order chi connectivity index (χ1) is 13.0. The topological polar surface area (TPSA) is 76.7 Å². The van der Waals surface area contributed by atoms with Gasteiger partial charge in [0.2, 0.25) is 5.91 Å². The first kappa shape index (κ1) is 19.0. The Kier molecular flexibility index (Phi) is 5.81. The van der Waals surface area contributed by atoms with Crippen LogP contribution >= 0.6 is 11.6 Å². The van der Waals surface area contributed by atoms with Gasteiger partial charge in [-0.2, -0.15) is 0 Å². The summed E-state index contributed by atoms with van der Waals surface area (Å²) in [5, 5.41) is 5.93. The Morgan fingerprint density at radius 1 is 1.22 bits per heavy atom. The van der Waals surface area contributed by atoms with E-state index >= 15 is 0 Å². The summed E-state index contributed by atoms with van der Waals surface area (Å²) in [6.45, 7) is 0.514. The number of nitrogens with one attached hydrogen (secondary N) is 2. The van der Waals surface area contributed by atoms with Gasteiger partial charge >= 0.3 is 0 Å². The summed E-state index contributed by atoms with van der Waals surface area (Å²) < 4.78 is 24.3. The Morgan fingerprint density at radius 3 is 2.78 bits per heavy atom. The van der Waals surface area contributed by atoms with Gasteiger partial charge in [-0.05, 0) is 30.7 Å². The number of benzene rings is 2. The van der Waals surface area contributed by atoms with Crippen LogP contribution in [0.2, 0.25) is 5.02 Å². The molecule has 142 valence electrons. The van der Waals surface area contributed by atoms with E-state index in [0.717, 1.165) is 0 Å². The van der Waals surface area contributed by atoms with Gasteiger partial charge in [0.1, 0.15) is 11.6 Å². The lowest BCUT2D eigenvalue weighted by Crippen LogP contribution is -2.45. The van der Waals surface area contributed by atoms with Gasteiger partial charge in [0.25, 0.3) is 5.91 Å². The minimum atomic E-state index is -0.473. The van der Waals surface area contributed by atoms with E-state index in [1.165, 1.54) is 37.4 Å². The number of hydrogen-bond donors (Lipinski definition) is 2. The van der Waals surface area contributed by atoms with E-state index in [4.69, 9.17) is 21.1 Å². The molecule has 1 atom stereocenters. The minimum Gasteiger partial charge on any atom is -0.493 e. The molecule has 3 rings (SSSR count). The fourth-order valence-corrected chi connectivity index (χ4v) is 2.94. The summed E-state index contributed by atoms with van der Waals surface area (Å²) >= 11 is 6.04. The highest BCUT2D eigenvalue weighted by molar-refractivity contribution is 6.30. The maximum atomic E-state index is 13.4. The smallest absolute Gasteiger partial charge is 0.255 e. The molecule has 2 amide bonds. The van der Waals surface area contributed by atoms with Gasteiger partial charge in [-0.25, -0.2) is 4.39 Å². The summed E-state index contributed by atoms with van der Waals surface area (Å²) in [5.41, 5.74) is 0.247. The van der Waals surface area contributed by atoms with Crippen molar-refractivity contribution < 1.29 is 23.5 Å². The molecule has 2 N–H and O–H groups in total. The zero-order valence-electron chi connectivity index (χ0n) is 14.6. The molecule has 0 bridgehead atoms. The van der Waals surface area contributed by atoms with Crippen LogP contribution in [0.3, 0.4) is 0 Å². The van der Waals surface area contributed by atoms with E-state index in [-0.39, 0.29) is 47.1 Å². The third-order valence-corrected chi connectivity index (χ3v) is 4.35. The monoisotopic (exact) mass is 392 g/mol. The van der Waals surface area contributed by atoms with Crippen molar-refractivity contribution in [2.75, 3.05) is 13.7 Å². The summed E-state index contributed by atoms with van der Waals surface area (Å²) in [5.74, 6) is -0.334. The molecule has 0 aliphatic carbocycles. The lowest BCUT2D eigenvalue weighted by molar-refractivity contribution is -0.122. The average Bonchev–Trinajstić information content (AvgIpc) is 2.63. The maximum absolute atomic E-state index is 13.4. The van der Waals surface area contributed by atoms with E-state index in [9.17, 15) is 14.0 Å². The Labute approximate surface area is 160 Å². The SMILES string of the molecule is COc1cc(F)ccc1Oc1cc(Cl)ccc1C(=O)NC1CCNC(=O)C1. The average molecular weight is 393 g/mol. The molecule has 0 spiro atoms. The third kappa shape index (κ3) is 4.68. The number of carbonyl (C=O) groups excluding carboxylic acids is 2. The van der Waals surface area contributed by atoms with Crippen LogP contribution in [-0.2, 0) is 4.79 Å². The predicted molar refractivity (Wildman–Crippen MR) is 98.0 cm³/mol. The predicted octanol–water partition coefficient (Wildman–Crippen LogP) is 3.29. The highest BCUT2D eigenvalue weighted by Crippen LogP contribution is 2.35. The third-order valence-electron chi connectivity index (χ3n) is 4.12. The lowest BCUT2D eigenvalue weighted by atomic mass is 10.1. The van der Waals surface area contributed by atoms with Crippen LogP contribution in [0.5, 0.6) is 17.2 Å². The summed E-state index contributed by atoms with van der Waals surface area (Å²) in [4.78, 5) is 24.2. The van der Waals surface area contributed by atoms with Crippen LogP contribution in [-0.4, -0.2) is 31.5 Å². The molecule has 0 radical (unpaired) electrons. The molecule has 1 unspecified atom stereocenters. The standard InChI is InChI=1S/C19H18ClFN2O4/c1-26-17-9-12(21)3-5-15(17)27-16-8-11(20)2-4-14(16)19(25)23-13-6-7-22-18(24)10-13/h2-5,8-9,13H,6-7,10H2,1H3,(H,22,24)(H,23,25). The van der Waals surface area contributed by atoms with Gasteiger partial charge in [0.05, 0.1) is 12.7 Å². The van der Waals surface area contributed by atoms with Crippen LogP contribution in [0.15, 0.2) is 36.4 Å². The Morgan fingerprint density at radius 2 is 2.04 bits per heavy atom. The summed E-state index contributed by atoms with van der Waals surface area (Å²) in [6.07, 6.45) is 0.869. The molecule has 6 nitrogen and oxygen atoms in total. The van der Waals surface area contributed by atoms with E-state index < -0.39 is 5.82 Å². The van der Waals surface area contributed by atoms with E-state index in [0.29, 0.717) is 18.0 Å². The maximum Gasteiger partial charge on any atom is 0.255 e. The van der Waals surface area contributed by atoms with Gasteiger partial charge in [0.15, 0.2) is 11.5 Å². The summed E-state index contributed by atoms with van der Waals surface area (Å²) in [6, 6.07) is 8.15. The van der Waals surface area contributed by atoms with Crippen molar-refractivity contribution in [2.24, 2.45) is 0 Å². The Hall–Kier alpha value is -2.80. The molecule has 1 aliphatic rings. The van der Waals surface area contributed by atoms with Gasteiger partial charge < -0.3 is 20.1 Å². The molecule has 1 saturated heterocycles. The van der Waals surface area contributed by atoms with Crippen molar-refractivity contribution in [3.63, 3.8) is 0 Å². The first-order valence-corrected chi connectivity index (χ1v) is 8.72. The second-order valence-corrected chi connectivity index (χ2v) is 6.49. The minimum absolute atomic E-state index is 0.102. The molecular weight excluding hydrogens is 375 g/mol. The number of halogens is 2. The molecule has 1 aliphatic heterocycles. The van der Waals surface area contributed by atoms with Crippen LogP contribution in [0.4, 0.5) is 4.39 Å². The number of piperidine rings is 1. The van der Waals surface area contributed by atoms with Crippen molar-refractivity contribution in [1.82, 2.24) is 10.6 Å². The van der Waals surface area contributed by atoms with Gasteiger partial charge in [-0.15, -0.1) is 0 Å². The molecule has 1 fully saturated rings. The fraction of sp³-hybridized carbons (Fsp3) is 0.263. The van der Waals surface area contributed by atoms with E-state index in [2.05, 4.69) is 10.6 Å². The Balaban J connectivity index is 1.85. The fourth-order valence-electron chi connectivity index (χ4n) is 2.78. The largest absolute Gasteiger partial charge is 0.493 e. The van der Waals surface area contributed by atoms with Crippen LogP contribution in [0.1, 0.15) is 23.2 Å². The molecule has 2 aromatic rings. The molecule has 1 heterocycles. The molecule has 2 aromatic carbocycles. The van der Waals surface area contributed by atoms with Crippen molar-refractivity contribution in [3.05, 3.63) is 52.8 Å². The first-order valence-electron chi connectivity index (χ1n) is 8.35. The Bertz CT molecular complexity index is 875. The molecule has 0 aromatic heterocycles. The van der Waals surface area contributed by atoms with E-state index in [1.54, 1.807) is 6.07 Å². The number of hydrogen-bond acceptors (Lipinski definition) is 4. The van der Waals surface area contributed by atoms with Gasteiger partial charge in [-0.3, -0.25) is 9.59 Å². The van der Waals surface area contributed by atoms with Gasteiger partial charge in [0, 0.05) is 36.2 Å². The van der Waals surface area contributed by atoms with Crippen LogP contribution in [0.25, 0.3) is 0 Å². The quantitative estimate of drug-likeness (QED) is 0.818. The zero-order chi connectivity index (χ0) is 19.4. The van der Waals surface area contributed by atoms with Crippen LogP contribution in [0, 0.1) is 5.82 Å². The van der Waals surface area contributed by atoms with Gasteiger partial charge in [-0.1, -0.05) is 11.6 Å². The summed E-state index contributed by atoms with van der Waals surface area (Å²) in [7, 11) is 1.39. The van der Waals surface area contributed by atoms with Crippen molar-refractivity contribution in [3.8, 4) is 17.2 Å². The van der Waals surface area contributed by atoms with Crippen molar-refractivity contribution >= 4 is 23.4 Å².